The topological polar surface area (TPSA) is 32.3 Å². The van der Waals surface area contributed by atoms with Gasteiger partial charge in [0, 0.05) is 6.04 Å². The van der Waals surface area contributed by atoms with E-state index in [1.807, 2.05) is 12.1 Å². The highest BCUT2D eigenvalue weighted by Gasteiger charge is 2.42. The quantitative estimate of drug-likeness (QED) is 0.820. The third-order valence-electron chi connectivity index (χ3n) is 4.53. The van der Waals surface area contributed by atoms with Gasteiger partial charge in [-0.05, 0) is 60.9 Å². The molecular weight excluding hydrogens is 210 g/mol. The van der Waals surface area contributed by atoms with E-state index in [9.17, 15) is 5.11 Å². The number of phenolic OH excluding ortho intramolecular Hbond substituents is 1. The molecule has 0 amide bonds. The van der Waals surface area contributed by atoms with E-state index in [0.717, 1.165) is 13.0 Å². The van der Waals surface area contributed by atoms with Gasteiger partial charge in [-0.15, -0.1) is 0 Å². The summed E-state index contributed by atoms with van der Waals surface area (Å²) in [6.45, 7) is 3.39. The molecule has 1 fully saturated rings. The van der Waals surface area contributed by atoms with Crippen molar-refractivity contribution in [1.82, 2.24) is 5.32 Å². The van der Waals surface area contributed by atoms with Crippen molar-refractivity contribution in [3.05, 3.63) is 29.3 Å². The zero-order chi connectivity index (χ0) is 11.9. The molecule has 2 bridgehead atoms. The van der Waals surface area contributed by atoms with Crippen molar-refractivity contribution in [2.24, 2.45) is 0 Å². The van der Waals surface area contributed by atoms with Crippen LogP contribution in [-0.2, 0) is 11.8 Å². The van der Waals surface area contributed by atoms with Crippen LogP contribution in [0.5, 0.6) is 5.75 Å². The van der Waals surface area contributed by atoms with Crippen LogP contribution in [0.2, 0.25) is 0 Å². The monoisotopic (exact) mass is 231 g/mol. The van der Waals surface area contributed by atoms with Crippen LogP contribution in [0, 0.1) is 0 Å². The first kappa shape index (κ1) is 11.1. The van der Waals surface area contributed by atoms with E-state index in [-0.39, 0.29) is 0 Å². The number of nitrogens with one attached hydrogen (secondary N) is 1. The second-order valence-electron chi connectivity index (χ2n) is 5.68. The Morgan fingerprint density at radius 1 is 1.47 bits per heavy atom. The van der Waals surface area contributed by atoms with Gasteiger partial charge in [0.05, 0.1) is 0 Å². The van der Waals surface area contributed by atoms with Crippen LogP contribution in [-0.4, -0.2) is 17.7 Å². The summed E-state index contributed by atoms with van der Waals surface area (Å²) in [4.78, 5) is 0. The highest BCUT2D eigenvalue weighted by atomic mass is 16.3. The lowest BCUT2D eigenvalue weighted by molar-refractivity contribution is 0.214. The van der Waals surface area contributed by atoms with Crippen LogP contribution >= 0.6 is 0 Å². The second kappa shape index (κ2) is 4.02. The molecule has 0 radical (unpaired) electrons. The average Bonchev–Trinajstić information content (AvgIpc) is 2.31. The molecule has 1 aliphatic carbocycles. The largest absolute Gasteiger partial charge is 0.508 e. The predicted octanol–water partition coefficient (Wildman–Crippen LogP) is 2.74. The minimum absolute atomic E-state index is 0.330. The van der Waals surface area contributed by atoms with Crippen molar-refractivity contribution in [1.29, 1.82) is 0 Å². The van der Waals surface area contributed by atoms with Gasteiger partial charge in [0.15, 0.2) is 0 Å². The first-order chi connectivity index (χ1) is 8.23. The molecule has 2 unspecified atom stereocenters. The molecule has 2 N–H and O–H groups in total. The molecule has 2 aliphatic rings. The molecule has 2 heteroatoms. The predicted molar refractivity (Wildman–Crippen MR) is 69.4 cm³/mol. The molecule has 0 spiro atoms. The first-order valence-corrected chi connectivity index (χ1v) is 6.79. The molecule has 17 heavy (non-hydrogen) atoms. The standard InChI is InChI=1S/C15H21NO/c1-2-5-15-6-7-16-12(10-15)8-11-3-4-13(17)9-14(11)15/h3-4,9,12,16-17H,2,5-8,10H2,1H3. The van der Waals surface area contributed by atoms with Gasteiger partial charge in [0.1, 0.15) is 5.75 Å². The molecule has 1 aromatic carbocycles. The molecule has 2 nitrogen and oxygen atoms in total. The smallest absolute Gasteiger partial charge is 0.115 e. The lowest BCUT2D eigenvalue weighted by Gasteiger charge is -2.47. The molecule has 1 saturated heterocycles. The second-order valence-corrected chi connectivity index (χ2v) is 5.68. The number of rotatable bonds is 2. The van der Waals surface area contributed by atoms with Crippen molar-refractivity contribution in [2.75, 3.05) is 6.54 Å². The van der Waals surface area contributed by atoms with Gasteiger partial charge in [-0.1, -0.05) is 19.4 Å². The van der Waals surface area contributed by atoms with E-state index in [1.54, 1.807) is 0 Å². The molecule has 0 saturated carbocycles. The van der Waals surface area contributed by atoms with Gasteiger partial charge in [0.25, 0.3) is 0 Å². The molecule has 0 aromatic heterocycles. The first-order valence-electron chi connectivity index (χ1n) is 6.79. The molecule has 3 rings (SSSR count). The zero-order valence-electron chi connectivity index (χ0n) is 10.5. The van der Waals surface area contributed by atoms with E-state index >= 15 is 0 Å². The van der Waals surface area contributed by atoms with Gasteiger partial charge in [0.2, 0.25) is 0 Å². The Balaban J connectivity index is 2.10. The van der Waals surface area contributed by atoms with Crippen LogP contribution < -0.4 is 5.32 Å². The molecule has 1 aromatic rings. The summed E-state index contributed by atoms with van der Waals surface area (Å²) in [5, 5.41) is 13.4. The minimum Gasteiger partial charge on any atom is -0.508 e. The fraction of sp³-hybridized carbons (Fsp3) is 0.600. The number of hydrogen-bond donors (Lipinski definition) is 2. The third-order valence-corrected chi connectivity index (χ3v) is 4.53. The van der Waals surface area contributed by atoms with Gasteiger partial charge >= 0.3 is 0 Å². The van der Waals surface area contributed by atoms with E-state index < -0.39 is 0 Å². The summed E-state index contributed by atoms with van der Waals surface area (Å²) in [6, 6.07) is 6.62. The molecule has 2 atom stereocenters. The summed E-state index contributed by atoms with van der Waals surface area (Å²) in [5.41, 5.74) is 3.20. The van der Waals surface area contributed by atoms with Crippen LogP contribution in [0.3, 0.4) is 0 Å². The summed E-state index contributed by atoms with van der Waals surface area (Å²) in [6.07, 6.45) is 6.07. The number of phenols is 1. The maximum Gasteiger partial charge on any atom is 0.115 e. The van der Waals surface area contributed by atoms with Gasteiger partial charge in [-0.2, -0.15) is 0 Å². The van der Waals surface area contributed by atoms with Gasteiger partial charge in [-0.3, -0.25) is 0 Å². The Labute approximate surface area is 103 Å². The SMILES string of the molecule is CCCC12CCNC(Cc3ccc(O)cc31)C2. The Morgan fingerprint density at radius 2 is 2.35 bits per heavy atom. The summed E-state index contributed by atoms with van der Waals surface area (Å²) in [5.74, 6) is 0.427. The van der Waals surface area contributed by atoms with E-state index in [0.29, 0.717) is 17.2 Å². The number of hydrogen-bond acceptors (Lipinski definition) is 2. The molecule has 1 heterocycles. The fourth-order valence-corrected chi connectivity index (χ4v) is 3.89. The maximum atomic E-state index is 9.75. The van der Waals surface area contributed by atoms with Crippen LogP contribution in [0.25, 0.3) is 0 Å². The van der Waals surface area contributed by atoms with E-state index in [4.69, 9.17) is 0 Å². The van der Waals surface area contributed by atoms with E-state index in [1.165, 1.54) is 36.8 Å². The van der Waals surface area contributed by atoms with Gasteiger partial charge in [-0.25, -0.2) is 0 Å². The molecule has 92 valence electrons. The van der Waals surface area contributed by atoms with Crippen molar-refractivity contribution in [3.8, 4) is 5.75 Å². The Morgan fingerprint density at radius 3 is 3.18 bits per heavy atom. The molecular formula is C15H21NO. The Hall–Kier alpha value is -1.02. The van der Waals surface area contributed by atoms with Crippen molar-refractivity contribution in [2.45, 2.75) is 50.5 Å². The Kier molecular flexibility index (Phi) is 2.62. The van der Waals surface area contributed by atoms with E-state index in [2.05, 4.69) is 18.3 Å². The normalized spacial score (nSPS) is 31.0. The summed E-state index contributed by atoms with van der Waals surface area (Å²) < 4.78 is 0. The maximum absolute atomic E-state index is 9.75. The lowest BCUT2D eigenvalue weighted by Crippen LogP contribution is -2.50. The third kappa shape index (κ3) is 1.75. The van der Waals surface area contributed by atoms with Crippen LogP contribution in [0.1, 0.15) is 43.7 Å². The Bertz CT molecular complexity index is 425. The number of aromatic hydroxyl groups is 1. The fourth-order valence-electron chi connectivity index (χ4n) is 3.89. The van der Waals surface area contributed by atoms with Crippen molar-refractivity contribution >= 4 is 0 Å². The van der Waals surface area contributed by atoms with Crippen molar-refractivity contribution < 1.29 is 5.11 Å². The highest BCUT2D eigenvalue weighted by molar-refractivity contribution is 5.43. The van der Waals surface area contributed by atoms with Crippen molar-refractivity contribution in [3.63, 3.8) is 0 Å². The average molecular weight is 231 g/mol. The number of piperidine rings is 1. The van der Waals surface area contributed by atoms with Gasteiger partial charge < -0.3 is 10.4 Å². The molecule has 1 aliphatic heterocycles. The lowest BCUT2D eigenvalue weighted by atomic mass is 9.62. The summed E-state index contributed by atoms with van der Waals surface area (Å²) >= 11 is 0. The summed E-state index contributed by atoms with van der Waals surface area (Å²) in [7, 11) is 0. The van der Waals surface area contributed by atoms with Crippen LogP contribution in [0.4, 0.5) is 0 Å². The number of benzene rings is 1. The highest BCUT2D eigenvalue weighted by Crippen LogP contribution is 2.46. The number of fused-ring (bicyclic) bond motifs is 4. The van der Waals surface area contributed by atoms with Crippen LogP contribution in [0.15, 0.2) is 18.2 Å². The zero-order valence-corrected chi connectivity index (χ0v) is 10.5. The minimum atomic E-state index is 0.330.